The molecule has 8 nitrogen and oxygen atoms in total. The number of nitrogens with one attached hydrogen (secondary N) is 2. The highest BCUT2D eigenvalue weighted by Gasteiger charge is 2.33. The van der Waals surface area contributed by atoms with E-state index in [1.807, 2.05) is 0 Å². The summed E-state index contributed by atoms with van der Waals surface area (Å²) < 4.78 is 19.7. The van der Waals surface area contributed by atoms with Crippen molar-refractivity contribution in [3.05, 3.63) is 29.6 Å². The Morgan fingerprint density at radius 3 is 2.92 bits per heavy atom. The van der Waals surface area contributed by atoms with Crippen LogP contribution < -0.4 is 15.6 Å². The minimum atomic E-state index is -0.599. The first-order chi connectivity index (χ1) is 12.3. The maximum atomic E-state index is 14.5. The Bertz CT molecular complexity index is 800. The molecule has 10 heteroatoms. The number of hydrazone groups is 1. The number of hydrogen-bond donors (Lipinski definition) is 2. The number of ether oxygens (including phenoxy) is 1. The lowest BCUT2D eigenvalue weighted by molar-refractivity contribution is -0.120. The van der Waals surface area contributed by atoms with E-state index in [4.69, 9.17) is 4.74 Å². The summed E-state index contributed by atoms with van der Waals surface area (Å²) in [6.45, 7) is 3.48. The Hall–Kier alpha value is -2.62. The molecule has 1 aromatic rings. The largest absolute Gasteiger partial charge is 0.442 e. The molecule has 2 aliphatic heterocycles. The number of hydrogen-bond acceptors (Lipinski definition) is 6. The van der Waals surface area contributed by atoms with Gasteiger partial charge in [-0.15, -0.1) is 0 Å². The third-order valence-electron chi connectivity index (χ3n) is 3.87. The summed E-state index contributed by atoms with van der Waals surface area (Å²) in [6.07, 6.45) is -1.10. The lowest BCUT2D eigenvalue weighted by Gasteiger charge is -2.19. The molecule has 2 N–H and O–H groups in total. The Balaban J connectivity index is 1.75. The number of cyclic esters (lactones) is 1. The van der Waals surface area contributed by atoms with Gasteiger partial charge >= 0.3 is 6.09 Å². The summed E-state index contributed by atoms with van der Waals surface area (Å²) in [6, 6.07) is 4.32. The Labute approximate surface area is 153 Å². The van der Waals surface area contributed by atoms with Crippen molar-refractivity contribution in [3.63, 3.8) is 0 Å². The van der Waals surface area contributed by atoms with Crippen molar-refractivity contribution in [1.29, 1.82) is 0 Å². The van der Waals surface area contributed by atoms with Crippen molar-refractivity contribution in [1.82, 2.24) is 10.7 Å². The van der Waals surface area contributed by atoms with Crippen LogP contribution in [-0.2, 0) is 14.3 Å². The number of amides is 3. The summed E-state index contributed by atoms with van der Waals surface area (Å²) in [5, 5.41) is 6.46. The van der Waals surface area contributed by atoms with Crippen molar-refractivity contribution in [2.75, 3.05) is 18.0 Å². The molecule has 0 saturated carbocycles. The van der Waals surface area contributed by atoms with Gasteiger partial charge in [-0.2, -0.15) is 5.10 Å². The molecule has 2 aliphatic rings. The minimum Gasteiger partial charge on any atom is -0.442 e. The first kappa shape index (κ1) is 18.2. The topological polar surface area (TPSA) is 100 Å². The third-order valence-corrected chi connectivity index (χ3v) is 4.97. The van der Waals surface area contributed by atoms with Crippen LogP contribution in [0.5, 0.6) is 0 Å². The zero-order valence-corrected chi connectivity index (χ0v) is 14.9. The average Bonchev–Trinajstić information content (AvgIpc) is 2.96. The fourth-order valence-corrected chi connectivity index (χ4v) is 3.39. The molecule has 2 atom stereocenters. The summed E-state index contributed by atoms with van der Waals surface area (Å²) in [7, 11) is 0. The van der Waals surface area contributed by atoms with E-state index in [9.17, 15) is 18.8 Å². The van der Waals surface area contributed by atoms with Crippen LogP contribution in [0.3, 0.4) is 0 Å². The molecule has 1 aromatic carbocycles. The van der Waals surface area contributed by atoms with Crippen LogP contribution in [0.1, 0.15) is 19.4 Å². The molecule has 2 unspecified atom stereocenters. The Morgan fingerprint density at radius 2 is 2.27 bits per heavy atom. The van der Waals surface area contributed by atoms with Gasteiger partial charge in [-0.05, 0) is 25.1 Å². The summed E-state index contributed by atoms with van der Waals surface area (Å²) in [5.74, 6) is -1.02. The zero-order valence-electron chi connectivity index (χ0n) is 14.1. The van der Waals surface area contributed by atoms with E-state index < -0.39 is 18.0 Å². The van der Waals surface area contributed by atoms with Crippen molar-refractivity contribution >= 4 is 40.4 Å². The molecule has 2 heterocycles. The van der Waals surface area contributed by atoms with Gasteiger partial charge in [0.1, 0.15) is 17.0 Å². The molecule has 3 rings (SSSR count). The van der Waals surface area contributed by atoms with Gasteiger partial charge in [-0.3, -0.25) is 14.5 Å². The van der Waals surface area contributed by atoms with Crippen LogP contribution in [0.15, 0.2) is 23.3 Å². The molecule has 0 aliphatic carbocycles. The number of carbonyl (C=O) groups excluding carboxylic acids is 3. The van der Waals surface area contributed by atoms with E-state index in [0.29, 0.717) is 10.7 Å². The number of nitrogens with zero attached hydrogens (tertiary/aromatic N) is 2. The van der Waals surface area contributed by atoms with Crippen molar-refractivity contribution < 1.29 is 23.5 Å². The SMILES string of the molecule is CC(=O)NCC1CN(c2ccc(C3=NNC(=O)C(C)S3)c(F)c2)C(=O)O1. The number of benzene rings is 1. The molecule has 0 radical (unpaired) electrons. The number of carbonyl (C=O) groups is 3. The number of rotatable bonds is 4. The van der Waals surface area contributed by atoms with Gasteiger partial charge < -0.3 is 10.1 Å². The van der Waals surface area contributed by atoms with Crippen molar-refractivity contribution in [2.45, 2.75) is 25.2 Å². The van der Waals surface area contributed by atoms with Crippen molar-refractivity contribution in [3.8, 4) is 0 Å². The predicted molar refractivity (Wildman–Crippen MR) is 94.4 cm³/mol. The fourth-order valence-electron chi connectivity index (χ4n) is 2.51. The lowest BCUT2D eigenvalue weighted by atomic mass is 10.2. The molecule has 1 fully saturated rings. The molecular formula is C16H17FN4O4S. The summed E-state index contributed by atoms with van der Waals surface area (Å²) in [5.41, 5.74) is 2.95. The maximum Gasteiger partial charge on any atom is 0.414 e. The maximum absolute atomic E-state index is 14.5. The van der Waals surface area contributed by atoms with Crippen LogP contribution >= 0.6 is 11.8 Å². The molecule has 0 spiro atoms. The lowest BCUT2D eigenvalue weighted by Crippen LogP contribution is -2.33. The molecule has 26 heavy (non-hydrogen) atoms. The highest BCUT2D eigenvalue weighted by atomic mass is 32.2. The van der Waals surface area contributed by atoms with E-state index >= 15 is 0 Å². The van der Waals surface area contributed by atoms with E-state index in [1.54, 1.807) is 13.0 Å². The van der Waals surface area contributed by atoms with Gasteiger partial charge in [0.15, 0.2) is 0 Å². The summed E-state index contributed by atoms with van der Waals surface area (Å²) in [4.78, 5) is 35.7. The molecule has 138 valence electrons. The fraction of sp³-hybridized carbons (Fsp3) is 0.375. The Kier molecular flexibility index (Phi) is 5.12. The van der Waals surface area contributed by atoms with Gasteiger partial charge in [0.05, 0.1) is 24.0 Å². The van der Waals surface area contributed by atoms with Crippen LogP contribution in [-0.4, -0.2) is 47.4 Å². The standard InChI is InChI=1S/C16H17FN4O4S/c1-8-14(23)19-20-15(26-8)12-4-3-10(5-13(12)17)21-7-11(25-16(21)24)6-18-9(2)22/h3-5,8,11H,6-7H2,1-2H3,(H,18,22)(H,19,23). The second kappa shape index (κ2) is 7.32. The monoisotopic (exact) mass is 380 g/mol. The van der Waals surface area contributed by atoms with Gasteiger partial charge in [0, 0.05) is 12.5 Å². The molecular weight excluding hydrogens is 363 g/mol. The zero-order chi connectivity index (χ0) is 18.8. The molecule has 1 saturated heterocycles. The highest BCUT2D eigenvalue weighted by Crippen LogP contribution is 2.28. The first-order valence-corrected chi connectivity index (χ1v) is 8.80. The van der Waals surface area contributed by atoms with E-state index in [0.717, 1.165) is 11.8 Å². The van der Waals surface area contributed by atoms with E-state index in [-0.39, 0.29) is 35.7 Å². The number of anilines is 1. The average molecular weight is 380 g/mol. The van der Waals surface area contributed by atoms with Crippen LogP contribution in [0.4, 0.5) is 14.9 Å². The molecule has 3 amide bonds. The smallest absolute Gasteiger partial charge is 0.414 e. The highest BCUT2D eigenvalue weighted by molar-refractivity contribution is 8.15. The van der Waals surface area contributed by atoms with Gasteiger partial charge in [0.2, 0.25) is 5.91 Å². The van der Waals surface area contributed by atoms with Crippen LogP contribution in [0.25, 0.3) is 0 Å². The van der Waals surface area contributed by atoms with Gasteiger partial charge in [-0.25, -0.2) is 14.6 Å². The number of thioether (sulfide) groups is 1. The minimum absolute atomic E-state index is 0.198. The number of halogens is 1. The van der Waals surface area contributed by atoms with Gasteiger partial charge in [-0.1, -0.05) is 11.8 Å². The normalized spacial score (nSPS) is 22.6. The van der Waals surface area contributed by atoms with E-state index in [2.05, 4.69) is 15.8 Å². The second-order valence-electron chi connectivity index (χ2n) is 5.87. The predicted octanol–water partition coefficient (Wildman–Crippen LogP) is 1.20. The second-order valence-corrected chi connectivity index (χ2v) is 7.20. The van der Waals surface area contributed by atoms with Gasteiger partial charge in [0.25, 0.3) is 5.91 Å². The summed E-state index contributed by atoms with van der Waals surface area (Å²) >= 11 is 1.16. The Morgan fingerprint density at radius 1 is 1.50 bits per heavy atom. The van der Waals surface area contributed by atoms with Crippen LogP contribution in [0, 0.1) is 5.82 Å². The molecule has 0 aromatic heterocycles. The quantitative estimate of drug-likeness (QED) is 0.818. The third kappa shape index (κ3) is 3.79. The van der Waals surface area contributed by atoms with Crippen LogP contribution in [0.2, 0.25) is 0 Å². The van der Waals surface area contributed by atoms with Crippen molar-refractivity contribution in [2.24, 2.45) is 5.10 Å². The van der Waals surface area contributed by atoms with E-state index in [1.165, 1.54) is 24.0 Å². The first-order valence-electron chi connectivity index (χ1n) is 7.92. The molecule has 0 bridgehead atoms.